The highest BCUT2D eigenvalue weighted by Gasteiger charge is 2.21. The summed E-state index contributed by atoms with van der Waals surface area (Å²) in [6.07, 6.45) is 4.53. The molecule has 110 valence electrons. The van der Waals surface area contributed by atoms with Crippen molar-refractivity contribution in [3.05, 3.63) is 28.8 Å². The van der Waals surface area contributed by atoms with Crippen molar-refractivity contribution in [3.8, 4) is 0 Å². The summed E-state index contributed by atoms with van der Waals surface area (Å²) < 4.78 is 26.9. The van der Waals surface area contributed by atoms with Gasteiger partial charge in [-0.05, 0) is 24.5 Å². The van der Waals surface area contributed by atoms with E-state index in [1.54, 1.807) is 6.07 Å². The maximum absolute atomic E-state index is 12.2. The lowest BCUT2D eigenvalue weighted by Gasteiger charge is -2.25. The van der Waals surface area contributed by atoms with Gasteiger partial charge in [0.2, 0.25) is 10.0 Å². The number of hydrogen-bond donors (Lipinski definition) is 2. The average Bonchev–Trinajstić information content (AvgIpc) is 2.31. The summed E-state index contributed by atoms with van der Waals surface area (Å²) in [6, 6.07) is 4.47. The SMILES string of the molecule is NC(=S)c1ccc(S(=O)(=O)NCCC2CCC2)c(Cl)c1. The van der Waals surface area contributed by atoms with Crippen LogP contribution in [0.2, 0.25) is 5.02 Å². The fraction of sp³-hybridized carbons (Fsp3) is 0.462. The third-order valence-electron chi connectivity index (χ3n) is 3.58. The number of nitrogens with two attached hydrogens (primary N) is 1. The first-order valence-electron chi connectivity index (χ1n) is 6.49. The van der Waals surface area contributed by atoms with Gasteiger partial charge in [-0.25, -0.2) is 13.1 Å². The van der Waals surface area contributed by atoms with Crippen molar-refractivity contribution in [2.45, 2.75) is 30.6 Å². The van der Waals surface area contributed by atoms with Gasteiger partial charge >= 0.3 is 0 Å². The van der Waals surface area contributed by atoms with Crippen molar-refractivity contribution in [1.29, 1.82) is 0 Å². The lowest BCUT2D eigenvalue weighted by Crippen LogP contribution is -2.28. The van der Waals surface area contributed by atoms with E-state index in [1.165, 1.54) is 31.4 Å². The molecule has 0 bridgehead atoms. The Morgan fingerprint density at radius 2 is 2.15 bits per heavy atom. The standard InChI is InChI=1S/C13H17ClN2O2S2/c14-11-8-10(13(15)19)4-5-12(11)20(17,18)16-7-6-9-2-1-3-9/h4-5,8-9,16H,1-3,6-7H2,(H2,15,19). The van der Waals surface area contributed by atoms with Gasteiger partial charge in [-0.1, -0.05) is 49.1 Å². The molecule has 7 heteroatoms. The monoisotopic (exact) mass is 332 g/mol. The minimum atomic E-state index is -3.58. The van der Waals surface area contributed by atoms with Crippen molar-refractivity contribution in [2.75, 3.05) is 6.54 Å². The lowest BCUT2D eigenvalue weighted by molar-refractivity contribution is 0.297. The summed E-state index contributed by atoms with van der Waals surface area (Å²) in [4.78, 5) is 0.251. The second-order valence-electron chi connectivity index (χ2n) is 4.99. The Morgan fingerprint density at radius 3 is 2.65 bits per heavy atom. The Kier molecular flexibility index (Phi) is 5.01. The summed E-state index contributed by atoms with van der Waals surface area (Å²) in [7, 11) is -3.58. The molecule has 20 heavy (non-hydrogen) atoms. The summed E-state index contributed by atoms with van der Waals surface area (Å²) in [5.74, 6) is 0.658. The fourth-order valence-electron chi connectivity index (χ4n) is 2.13. The molecule has 1 saturated carbocycles. The summed E-state index contributed by atoms with van der Waals surface area (Å²) in [6.45, 7) is 0.445. The van der Waals surface area contributed by atoms with Crippen LogP contribution in [-0.2, 0) is 10.0 Å². The Balaban J connectivity index is 2.06. The van der Waals surface area contributed by atoms with Gasteiger partial charge in [-0.2, -0.15) is 0 Å². The molecule has 0 heterocycles. The van der Waals surface area contributed by atoms with Crippen LogP contribution >= 0.6 is 23.8 Å². The van der Waals surface area contributed by atoms with Crippen LogP contribution in [0.15, 0.2) is 23.1 Å². The number of hydrogen-bond acceptors (Lipinski definition) is 3. The summed E-state index contributed by atoms with van der Waals surface area (Å²) in [5, 5.41) is 0.131. The Labute approximate surface area is 129 Å². The molecule has 2 rings (SSSR count). The molecule has 0 amide bonds. The third-order valence-corrected chi connectivity index (χ3v) is 5.75. The van der Waals surface area contributed by atoms with Crippen LogP contribution in [0.25, 0.3) is 0 Å². The topological polar surface area (TPSA) is 72.2 Å². The largest absolute Gasteiger partial charge is 0.389 e. The van der Waals surface area contributed by atoms with Crippen molar-refractivity contribution in [3.63, 3.8) is 0 Å². The van der Waals surface area contributed by atoms with E-state index >= 15 is 0 Å². The van der Waals surface area contributed by atoms with Crippen LogP contribution in [0.4, 0.5) is 0 Å². The van der Waals surface area contributed by atoms with E-state index in [1.807, 2.05) is 0 Å². The predicted octanol–water partition coefficient (Wildman–Crippen LogP) is 2.44. The van der Waals surface area contributed by atoms with Crippen LogP contribution in [0.3, 0.4) is 0 Å². The fourth-order valence-corrected chi connectivity index (χ4v) is 3.85. The molecule has 4 nitrogen and oxygen atoms in total. The van der Waals surface area contributed by atoms with Crippen molar-refractivity contribution < 1.29 is 8.42 Å². The van der Waals surface area contributed by atoms with Crippen LogP contribution in [0.1, 0.15) is 31.2 Å². The molecule has 0 unspecified atom stereocenters. The summed E-state index contributed by atoms with van der Waals surface area (Å²) >= 11 is 10.8. The highest BCUT2D eigenvalue weighted by atomic mass is 35.5. The van der Waals surface area contributed by atoms with E-state index in [0.717, 1.165) is 6.42 Å². The molecule has 0 spiro atoms. The zero-order chi connectivity index (χ0) is 14.8. The van der Waals surface area contributed by atoms with Crippen LogP contribution < -0.4 is 10.5 Å². The van der Waals surface area contributed by atoms with E-state index in [9.17, 15) is 8.42 Å². The molecule has 1 aromatic rings. The second kappa shape index (κ2) is 6.39. The third kappa shape index (κ3) is 3.69. The molecule has 1 fully saturated rings. The number of nitrogens with one attached hydrogen (secondary N) is 1. The smallest absolute Gasteiger partial charge is 0.242 e. The molecule has 0 aromatic heterocycles. The molecule has 0 aliphatic heterocycles. The van der Waals surface area contributed by atoms with E-state index in [2.05, 4.69) is 4.72 Å². The van der Waals surface area contributed by atoms with Gasteiger partial charge in [0.1, 0.15) is 9.88 Å². The predicted molar refractivity (Wildman–Crippen MR) is 84.5 cm³/mol. The van der Waals surface area contributed by atoms with Gasteiger partial charge in [-0.3, -0.25) is 0 Å². The normalized spacial score (nSPS) is 15.8. The summed E-state index contributed by atoms with van der Waals surface area (Å²) in [5.41, 5.74) is 6.04. The van der Waals surface area contributed by atoms with Gasteiger partial charge < -0.3 is 5.73 Å². The first-order chi connectivity index (χ1) is 9.40. The number of thiocarbonyl (C=S) groups is 1. The molecule has 0 saturated heterocycles. The maximum atomic E-state index is 12.2. The van der Waals surface area contributed by atoms with Gasteiger partial charge in [0.25, 0.3) is 0 Å². The molecular formula is C13H17ClN2O2S2. The van der Waals surface area contributed by atoms with E-state index < -0.39 is 10.0 Å². The van der Waals surface area contributed by atoms with Gasteiger partial charge in [0, 0.05) is 12.1 Å². The zero-order valence-electron chi connectivity index (χ0n) is 10.9. The van der Waals surface area contributed by atoms with Crippen LogP contribution in [0.5, 0.6) is 0 Å². The average molecular weight is 333 g/mol. The Hall–Kier alpha value is -0.690. The number of rotatable bonds is 6. The molecule has 1 aliphatic carbocycles. The van der Waals surface area contributed by atoms with Gasteiger partial charge in [0.05, 0.1) is 5.02 Å². The van der Waals surface area contributed by atoms with Gasteiger partial charge in [0.15, 0.2) is 0 Å². The van der Waals surface area contributed by atoms with Crippen molar-refractivity contribution in [1.82, 2.24) is 4.72 Å². The van der Waals surface area contributed by atoms with Crippen LogP contribution in [-0.4, -0.2) is 20.0 Å². The molecule has 0 radical (unpaired) electrons. The number of halogens is 1. The minimum absolute atomic E-state index is 0.0628. The Bertz CT molecular complexity index is 613. The lowest BCUT2D eigenvalue weighted by atomic mass is 9.83. The maximum Gasteiger partial charge on any atom is 0.242 e. The van der Waals surface area contributed by atoms with Crippen molar-refractivity contribution in [2.24, 2.45) is 11.7 Å². The Morgan fingerprint density at radius 1 is 1.45 bits per heavy atom. The van der Waals surface area contributed by atoms with Crippen LogP contribution in [0, 0.1) is 5.92 Å². The molecule has 1 aliphatic rings. The first-order valence-corrected chi connectivity index (χ1v) is 8.76. The van der Waals surface area contributed by atoms with Gasteiger partial charge in [-0.15, -0.1) is 0 Å². The number of sulfonamides is 1. The van der Waals surface area contributed by atoms with E-state index in [-0.39, 0.29) is 14.9 Å². The van der Waals surface area contributed by atoms with E-state index in [4.69, 9.17) is 29.6 Å². The molecule has 1 aromatic carbocycles. The molecule has 0 atom stereocenters. The quantitative estimate of drug-likeness (QED) is 0.785. The highest BCUT2D eigenvalue weighted by molar-refractivity contribution is 7.89. The molecule has 3 N–H and O–H groups in total. The van der Waals surface area contributed by atoms with E-state index in [0.29, 0.717) is 18.0 Å². The second-order valence-corrected chi connectivity index (χ2v) is 7.58. The zero-order valence-corrected chi connectivity index (χ0v) is 13.3. The van der Waals surface area contributed by atoms with Crippen molar-refractivity contribution >= 4 is 38.8 Å². The number of benzene rings is 1. The first kappa shape index (κ1) is 15.7. The minimum Gasteiger partial charge on any atom is -0.389 e. The molecular weight excluding hydrogens is 316 g/mol. The highest BCUT2D eigenvalue weighted by Crippen LogP contribution is 2.29.